The van der Waals surface area contributed by atoms with Gasteiger partial charge in [0.15, 0.2) is 0 Å². The number of likely N-dealkylation sites (tertiary alicyclic amines) is 1. The summed E-state index contributed by atoms with van der Waals surface area (Å²) in [5, 5.41) is 0. The molecule has 0 aromatic carbocycles. The molecular weight excluding hydrogens is 222 g/mol. The summed E-state index contributed by atoms with van der Waals surface area (Å²) in [6.45, 7) is 11.5. The molecule has 18 heavy (non-hydrogen) atoms. The smallest absolute Gasteiger partial charge is 0.0948 e. The van der Waals surface area contributed by atoms with E-state index in [1.807, 2.05) is 12.5 Å². The Labute approximate surface area is 114 Å². The van der Waals surface area contributed by atoms with Gasteiger partial charge in [-0.15, -0.1) is 0 Å². The molecule has 0 amide bonds. The minimum Gasteiger partial charge on any atom is -0.335 e. The van der Waals surface area contributed by atoms with Crippen LogP contribution in [-0.2, 0) is 0 Å². The van der Waals surface area contributed by atoms with Gasteiger partial charge in [-0.25, -0.2) is 4.98 Å². The van der Waals surface area contributed by atoms with Crippen LogP contribution < -0.4 is 0 Å². The summed E-state index contributed by atoms with van der Waals surface area (Å²) in [5.41, 5.74) is 0. The van der Waals surface area contributed by atoms with Gasteiger partial charge in [-0.2, -0.15) is 0 Å². The van der Waals surface area contributed by atoms with Crippen molar-refractivity contribution in [3.63, 3.8) is 0 Å². The monoisotopic (exact) mass is 255 g/mol. The fraction of sp³-hybridized carbons (Fsp3) is 0.800. The van der Waals surface area contributed by atoms with E-state index in [0.29, 0.717) is 6.04 Å². The second kappa shape index (κ2) is 10.1. The molecule has 0 atom stereocenters. The molecule has 2 rings (SSSR count). The summed E-state index contributed by atoms with van der Waals surface area (Å²) in [6, 6.07) is 1.31. The third-order valence-corrected chi connectivity index (χ3v) is 2.99. The van der Waals surface area contributed by atoms with Crippen molar-refractivity contribution in [2.45, 2.75) is 67.5 Å². The summed E-state index contributed by atoms with van der Waals surface area (Å²) in [5.74, 6) is 0. The van der Waals surface area contributed by atoms with E-state index in [-0.39, 0.29) is 14.9 Å². The molecule has 1 saturated heterocycles. The first-order chi connectivity index (χ1) is 7.61. The Kier molecular flexibility index (Phi) is 11.0. The van der Waals surface area contributed by atoms with Crippen LogP contribution in [0.1, 0.15) is 61.4 Å². The molecule has 0 unspecified atom stereocenters. The van der Waals surface area contributed by atoms with Gasteiger partial charge < -0.3 is 9.47 Å². The second-order valence-corrected chi connectivity index (χ2v) is 4.94. The quantitative estimate of drug-likeness (QED) is 0.788. The maximum absolute atomic E-state index is 3.91. The van der Waals surface area contributed by atoms with Crippen molar-refractivity contribution < 1.29 is 0 Å². The lowest BCUT2D eigenvalue weighted by Crippen LogP contribution is -2.26. The van der Waals surface area contributed by atoms with Crippen LogP contribution in [0.3, 0.4) is 0 Å². The zero-order valence-electron chi connectivity index (χ0n) is 11.1. The lowest BCUT2D eigenvalue weighted by Gasteiger charge is -2.18. The Morgan fingerprint density at radius 1 is 0.944 bits per heavy atom. The second-order valence-electron chi connectivity index (χ2n) is 4.94. The number of imidazole rings is 1. The molecule has 3 nitrogen and oxygen atoms in total. The van der Waals surface area contributed by atoms with Crippen molar-refractivity contribution in [3.8, 4) is 0 Å². The molecule has 1 aliphatic heterocycles. The van der Waals surface area contributed by atoms with Gasteiger partial charge in [-0.1, -0.05) is 14.9 Å². The van der Waals surface area contributed by atoms with Crippen LogP contribution >= 0.6 is 0 Å². The van der Waals surface area contributed by atoms with Gasteiger partial charge >= 0.3 is 0 Å². The zero-order chi connectivity index (χ0) is 12.0. The predicted octanol–water partition coefficient (Wildman–Crippen LogP) is 4.23. The highest BCUT2D eigenvalue weighted by Crippen LogP contribution is 2.09. The van der Waals surface area contributed by atoms with Crippen molar-refractivity contribution in [1.29, 1.82) is 0 Å². The van der Waals surface area contributed by atoms with Crippen LogP contribution in [0.15, 0.2) is 18.7 Å². The molecule has 1 fully saturated rings. The number of hydrogen-bond donors (Lipinski definition) is 0. The van der Waals surface area contributed by atoms with E-state index < -0.39 is 0 Å². The first-order valence-electron chi connectivity index (χ1n) is 6.32. The van der Waals surface area contributed by atoms with Crippen molar-refractivity contribution in [2.24, 2.45) is 0 Å². The third kappa shape index (κ3) is 6.80. The maximum Gasteiger partial charge on any atom is 0.0948 e. The minimum absolute atomic E-state index is 0. The highest BCUT2D eigenvalue weighted by molar-refractivity contribution is 4.76. The lowest BCUT2D eigenvalue weighted by atomic mass is 10.3. The topological polar surface area (TPSA) is 21.1 Å². The Balaban J connectivity index is 0. The Bertz CT molecular complexity index is 259. The van der Waals surface area contributed by atoms with Crippen LogP contribution in [0, 0.1) is 0 Å². The van der Waals surface area contributed by atoms with E-state index in [9.17, 15) is 0 Å². The first kappa shape index (κ1) is 19.5. The molecule has 0 radical (unpaired) electrons. The summed E-state index contributed by atoms with van der Waals surface area (Å²) in [7, 11) is 0. The van der Waals surface area contributed by atoms with Crippen molar-refractivity contribution in [1.82, 2.24) is 14.5 Å². The zero-order valence-corrected chi connectivity index (χ0v) is 11.1. The Morgan fingerprint density at radius 2 is 1.50 bits per heavy atom. The number of nitrogens with zero attached hydrogens (tertiary/aromatic N) is 3. The van der Waals surface area contributed by atoms with E-state index in [1.54, 1.807) is 6.20 Å². The van der Waals surface area contributed by atoms with E-state index in [0.717, 1.165) is 6.04 Å². The molecule has 0 aliphatic carbocycles. The van der Waals surface area contributed by atoms with E-state index >= 15 is 0 Å². The Morgan fingerprint density at radius 3 is 1.72 bits per heavy atom. The molecule has 3 heteroatoms. The summed E-state index contributed by atoms with van der Waals surface area (Å²) >= 11 is 0. The molecule has 2 heterocycles. The SMILES string of the molecule is C.C.CC(C)N1CCCC1.CC(C)n1ccnc1. The fourth-order valence-corrected chi connectivity index (χ4v) is 1.83. The van der Waals surface area contributed by atoms with Gasteiger partial charge in [0, 0.05) is 24.5 Å². The predicted molar refractivity (Wildman–Crippen MR) is 82.0 cm³/mol. The third-order valence-electron chi connectivity index (χ3n) is 2.99. The van der Waals surface area contributed by atoms with E-state index in [4.69, 9.17) is 0 Å². The molecule has 1 aromatic rings. The summed E-state index contributed by atoms with van der Waals surface area (Å²) in [6.07, 6.45) is 8.41. The van der Waals surface area contributed by atoms with Crippen molar-refractivity contribution >= 4 is 0 Å². The van der Waals surface area contributed by atoms with Gasteiger partial charge in [-0.3, -0.25) is 0 Å². The summed E-state index contributed by atoms with van der Waals surface area (Å²) in [4.78, 5) is 6.43. The standard InChI is InChI=1S/C7H15N.C6H10N2.2CH4/c1-7(2)8-5-3-4-6-8;1-6(2)8-4-3-7-5-8;;/h7H,3-6H2,1-2H3;3-6H,1-2H3;2*1H4. The van der Waals surface area contributed by atoms with Gasteiger partial charge in [-0.05, 0) is 53.6 Å². The molecule has 0 N–H and O–H groups in total. The van der Waals surface area contributed by atoms with Crippen LogP contribution in [0.5, 0.6) is 0 Å². The molecule has 1 aromatic heterocycles. The van der Waals surface area contributed by atoms with Gasteiger partial charge in [0.2, 0.25) is 0 Å². The van der Waals surface area contributed by atoms with Gasteiger partial charge in [0.05, 0.1) is 6.33 Å². The molecular formula is C15H33N3. The molecule has 1 aliphatic rings. The van der Waals surface area contributed by atoms with E-state index in [1.165, 1.54) is 25.9 Å². The molecule has 0 saturated carbocycles. The highest BCUT2D eigenvalue weighted by atomic mass is 15.2. The molecule has 0 bridgehead atoms. The number of rotatable bonds is 2. The molecule has 108 valence electrons. The molecule has 0 spiro atoms. The minimum atomic E-state index is 0. The number of hydrogen-bond acceptors (Lipinski definition) is 2. The normalized spacial score (nSPS) is 14.8. The van der Waals surface area contributed by atoms with Crippen LogP contribution in [0.25, 0.3) is 0 Å². The largest absolute Gasteiger partial charge is 0.335 e. The first-order valence-corrected chi connectivity index (χ1v) is 6.32. The maximum atomic E-state index is 3.91. The lowest BCUT2D eigenvalue weighted by molar-refractivity contribution is 0.276. The average molecular weight is 255 g/mol. The summed E-state index contributed by atoms with van der Waals surface area (Å²) < 4.78 is 2.06. The van der Waals surface area contributed by atoms with Crippen molar-refractivity contribution in [3.05, 3.63) is 18.7 Å². The van der Waals surface area contributed by atoms with Gasteiger partial charge in [0.1, 0.15) is 0 Å². The van der Waals surface area contributed by atoms with Crippen LogP contribution in [0.4, 0.5) is 0 Å². The fourth-order valence-electron chi connectivity index (χ4n) is 1.83. The Hall–Kier alpha value is -0.830. The van der Waals surface area contributed by atoms with Crippen LogP contribution in [-0.4, -0.2) is 33.6 Å². The average Bonchev–Trinajstić information content (AvgIpc) is 2.93. The van der Waals surface area contributed by atoms with Gasteiger partial charge in [0.25, 0.3) is 0 Å². The number of aromatic nitrogens is 2. The highest BCUT2D eigenvalue weighted by Gasteiger charge is 2.13. The van der Waals surface area contributed by atoms with Crippen LogP contribution in [0.2, 0.25) is 0 Å². The van der Waals surface area contributed by atoms with Crippen molar-refractivity contribution in [2.75, 3.05) is 13.1 Å². The van der Waals surface area contributed by atoms with E-state index in [2.05, 4.69) is 42.1 Å².